The molecule has 2 aromatic carbocycles. The fourth-order valence-corrected chi connectivity index (χ4v) is 5.99. The fourth-order valence-electron chi connectivity index (χ4n) is 5.99. The van der Waals surface area contributed by atoms with Crippen molar-refractivity contribution in [2.24, 2.45) is 11.8 Å². The van der Waals surface area contributed by atoms with Crippen molar-refractivity contribution in [1.29, 1.82) is 0 Å². The Kier molecular flexibility index (Phi) is 5.03. The summed E-state index contributed by atoms with van der Waals surface area (Å²) in [6, 6.07) is 13.7. The number of rotatable bonds is 5. The van der Waals surface area contributed by atoms with Gasteiger partial charge in [0.1, 0.15) is 11.8 Å². The summed E-state index contributed by atoms with van der Waals surface area (Å²) < 4.78 is 11.0. The number of imide groups is 1. The Morgan fingerprint density at radius 3 is 2.71 bits per heavy atom. The molecule has 6 rings (SSSR count). The Balaban J connectivity index is 1.43. The van der Waals surface area contributed by atoms with Crippen LogP contribution in [0.3, 0.4) is 0 Å². The van der Waals surface area contributed by atoms with Crippen LogP contribution in [-0.2, 0) is 14.3 Å². The highest BCUT2D eigenvalue weighted by Crippen LogP contribution is 2.49. The minimum Gasteiger partial charge on any atom is -0.497 e. The Labute approximate surface area is 197 Å². The van der Waals surface area contributed by atoms with Crippen LogP contribution < -0.4 is 9.64 Å². The minimum absolute atomic E-state index is 0.127. The third-order valence-corrected chi connectivity index (χ3v) is 7.54. The third kappa shape index (κ3) is 3.10. The maximum Gasteiger partial charge on any atom is 0.235 e. The lowest BCUT2D eigenvalue weighted by atomic mass is 9.86. The van der Waals surface area contributed by atoms with Crippen molar-refractivity contribution in [1.82, 2.24) is 4.90 Å². The van der Waals surface area contributed by atoms with Gasteiger partial charge in [-0.15, -0.1) is 0 Å². The van der Waals surface area contributed by atoms with Gasteiger partial charge in [-0.1, -0.05) is 42.5 Å². The highest BCUT2D eigenvalue weighted by atomic mass is 16.5. The zero-order valence-electron chi connectivity index (χ0n) is 18.9. The maximum atomic E-state index is 14.0. The summed E-state index contributed by atoms with van der Waals surface area (Å²) in [6.45, 7) is 0.915. The predicted octanol–water partition coefficient (Wildman–Crippen LogP) is 2.94. The van der Waals surface area contributed by atoms with E-state index in [1.807, 2.05) is 41.3 Å². The molecule has 7 nitrogen and oxygen atoms in total. The van der Waals surface area contributed by atoms with Gasteiger partial charge < -0.3 is 14.4 Å². The number of ether oxygens (including phenoxy) is 2. The van der Waals surface area contributed by atoms with E-state index in [0.29, 0.717) is 17.9 Å². The van der Waals surface area contributed by atoms with E-state index >= 15 is 0 Å². The Bertz CT molecular complexity index is 1200. The smallest absolute Gasteiger partial charge is 0.235 e. The van der Waals surface area contributed by atoms with E-state index in [2.05, 4.69) is 0 Å². The van der Waals surface area contributed by atoms with E-state index in [0.717, 1.165) is 24.1 Å². The third-order valence-electron chi connectivity index (χ3n) is 7.54. The first-order chi connectivity index (χ1) is 16.6. The van der Waals surface area contributed by atoms with Crippen LogP contribution >= 0.6 is 0 Å². The van der Waals surface area contributed by atoms with Crippen molar-refractivity contribution in [2.45, 2.75) is 31.0 Å². The van der Waals surface area contributed by atoms with E-state index in [4.69, 9.17) is 9.47 Å². The van der Waals surface area contributed by atoms with E-state index < -0.39 is 17.9 Å². The van der Waals surface area contributed by atoms with Gasteiger partial charge in [0.2, 0.25) is 11.8 Å². The van der Waals surface area contributed by atoms with Gasteiger partial charge in [0.05, 0.1) is 37.6 Å². The van der Waals surface area contributed by atoms with Crippen LogP contribution in [0.4, 0.5) is 5.69 Å². The molecule has 4 aliphatic heterocycles. The van der Waals surface area contributed by atoms with Gasteiger partial charge in [-0.3, -0.25) is 19.3 Å². The topological polar surface area (TPSA) is 76.1 Å². The number of benzene rings is 2. The number of Topliss-reactive ketones (excluding diaryl/α,β-unsaturated/α-hetero) is 1. The van der Waals surface area contributed by atoms with Crippen molar-refractivity contribution in [3.05, 3.63) is 65.7 Å². The van der Waals surface area contributed by atoms with Crippen LogP contribution in [0.5, 0.6) is 5.75 Å². The first kappa shape index (κ1) is 21.1. The molecule has 2 amide bonds. The summed E-state index contributed by atoms with van der Waals surface area (Å²) in [5, 5.41) is 0. The van der Waals surface area contributed by atoms with Crippen LogP contribution in [-0.4, -0.2) is 60.9 Å². The molecule has 0 aromatic heterocycles. The monoisotopic (exact) mass is 458 g/mol. The van der Waals surface area contributed by atoms with Crippen molar-refractivity contribution in [3.8, 4) is 5.75 Å². The molecule has 174 valence electrons. The molecule has 0 unspecified atom stereocenters. The SMILES string of the molecule is COc1cccc(C(=O)[C@@H]2[C@@H]3C(=O)N(C[C@@H]4CCCO4)C(=O)[C@@H]3[C@H]3C=Cc4ccccc4N32)c1. The van der Waals surface area contributed by atoms with E-state index in [-0.39, 0.29) is 36.3 Å². The summed E-state index contributed by atoms with van der Waals surface area (Å²) in [6.07, 6.45) is 5.60. The number of amides is 2. The molecule has 0 bridgehead atoms. The van der Waals surface area contributed by atoms with Crippen LogP contribution in [0.2, 0.25) is 0 Å². The number of hydrogen-bond acceptors (Lipinski definition) is 6. The van der Waals surface area contributed by atoms with Gasteiger partial charge in [-0.2, -0.15) is 0 Å². The number of carbonyl (C=O) groups excluding carboxylic acids is 3. The van der Waals surface area contributed by atoms with Crippen molar-refractivity contribution < 1.29 is 23.9 Å². The average molecular weight is 459 g/mol. The second kappa shape index (κ2) is 8.09. The second-order valence-electron chi connectivity index (χ2n) is 9.33. The van der Waals surface area contributed by atoms with E-state index in [1.54, 1.807) is 31.4 Å². The predicted molar refractivity (Wildman–Crippen MR) is 126 cm³/mol. The Morgan fingerprint density at radius 2 is 1.91 bits per heavy atom. The molecule has 3 saturated heterocycles. The molecular weight excluding hydrogens is 432 g/mol. The number of fused-ring (bicyclic) bond motifs is 5. The first-order valence-corrected chi connectivity index (χ1v) is 11.8. The molecule has 34 heavy (non-hydrogen) atoms. The minimum atomic E-state index is -0.779. The van der Waals surface area contributed by atoms with Gasteiger partial charge in [0.25, 0.3) is 0 Å². The standard InChI is InChI=1S/C27H26N2O5/c1-33-18-8-4-7-17(14-18)25(30)24-23-22(21-12-11-16-6-2-3-10-20(16)29(21)24)26(31)28(27(23)32)15-19-9-5-13-34-19/h2-4,6-8,10-12,14,19,21-24H,5,9,13,15H2,1H3/t19-,21+,22+,23+,24-/m0/s1. The Morgan fingerprint density at radius 1 is 1.09 bits per heavy atom. The van der Waals surface area contributed by atoms with E-state index in [1.165, 1.54) is 4.90 Å². The molecule has 0 N–H and O–H groups in total. The zero-order chi connectivity index (χ0) is 23.4. The summed E-state index contributed by atoms with van der Waals surface area (Å²) in [5.41, 5.74) is 2.31. The molecule has 0 radical (unpaired) electrons. The number of hydrogen-bond donors (Lipinski definition) is 0. The van der Waals surface area contributed by atoms with Gasteiger partial charge in [-0.05, 0) is 36.6 Å². The molecular formula is C27H26N2O5. The molecule has 5 atom stereocenters. The molecule has 2 aromatic rings. The molecule has 4 heterocycles. The van der Waals surface area contributed by atoms with Crippen molar-refractivity contribution in [2.75, 3.05) is 25.2 Å². The highest BCUT2D eigenvalue weighted by Gasteiger charge is 2.64. The van der Waals surface area contributed by atoms with E-state index in [9.17, 15) is 14.4 Å². The van der Waals surface area contributed by atoms with Crippen LogP contribution in [0.15, 0.2) is 54.6 Å². The number of methoxy groups -OCH3 is 1. The molecule has 3 fully saturated rings. The molecule has 0 aliphatic carbocycles. The number of para-hydroxylation sites is 1. The maximum absolute atomic E-state index is 14.0. The summed E-state index contributed by atoms with van der Waals surface area (Å²) >= 11 is 0. The van der Waals surface area contributed by atoms with Gasteiger partial charge in [0.15, 0.2) is 5.78 Å². The van der Waals surface area contributed by atoms with Gasteiger partial charge >= 0.3 is 0 Å². The summed E-state index contributed by atoms with van der Waals surface area (Å²) in [7, 11) is 1.55. The van der Waals surface area contributed by atoms with Crippen LogP contribution in [0.1, 0.15) is 28.8 Å². The first-order valence-electron chi connectivity index (χ1n) is 11.8. The number of likely N-dealkylation sites (tertiary alicyclic amines) is 1. The summed E-state index contributed by atoms with van der Waals surface area (Å²) in [5.74, 6) is -1.42. The second-order valence-corrected chi connectivity index (χ2v) is 9.33. The lowest BCUT2D eigenvalue weighted by Crippen LogP contribution is -2.49. The lowest BCUT2D eigenvalue weighted by Gasteiger charge is -2.36. The van der Waals surface area contributed by atoms with Crippen molar-refractivity contribution >= 4 is 29.4 Å². The normalized spacial score (nSPS) is 29.3. The quantitative estimate of drug-likeness (QED) is 0.507. The molecule has 0 spiro atoms. The fraction of sp³-hybridized carbons (Fsp3) is 0.370. The Hall–Kier alpha value is -3.45. The molecule has 0 saturated carbocycles. The highest BCUT2D eigenvalue weighted by molar-refractivity contribution is 6.14. The number of anilines is 1. The number of carbonyl (C=O) groups is 3. The zero-order valence-corrected chi connectivity index (χ0v) is 18.9. The summed E-state index contributed by atoms with van der Waals surface area (Å²) in [4.78, 5) is 44.7. The van der Waals surface area contributed by atoms with Gasteiger partial charge in [0, 0.05) is 17.9 Å². The van der Waals surface area contributed by atoms with Crippen molar-refractivity contribution in [3.63, 3.8) is 0 Å². The lowest BCUT2D eigenvalue weighted by molar-refractivity contribution is -0.142. The molecule has 7 heteroatoms. The largest absolute Gasteiger partial charge is 0.497 e. The number of ketones is 1. The average Bonchev–Trinajstić information content (AvgIpc) is 3.57. The van der Waals surface area contributed by atoms with Crippen LogP contribution in [0.25, 0.3) is 6.08 Å². The molecule has 4 aliphatic rings. The number of nitrogens with zero attached hydrogens (tertiary/aromatic N) is 2. The van der Waals surface area contributed by atoms with Crippen LogP contribution in [0, 0.1) is 11.8 Å². The van der Waals surface area contributed by atoms with Gasteiger partial charge in [-0.25, -0.2) is 0 Å².